The maximum absolute atomic E-state index is 12.4. The summed E-state index contributed by atoms with van der Waals surface area (Å²) in [6.45, 7) is 2.68. The molecular weight excluding hydrogens is 260 g/mol. The van der Waals surface area contributed by atoms with Crippen molar-refractivity contribution in [1.82, 2.24) is 10.6 Å². The summed E-state index contributed by atoms with van der Waals surface area (Å²) in [5, 5.41) is 6.50. The Kier molecular flexibility index (Phi) is 4.91. The number of benzene rings is 1. The van der Waals surface area contributed by atoms with Crippen LogP contribution in [0.25, 0.3) is 0 Å². The van der Waals surface area contributed by atoms with E-state index in [1.54, 1.807) is 0 Å². The molecule has 1 aliphatic carbocycles. The van der Waals surface area contributed by atoms with E-state index in [0.29, 0.717) is 0 Å². The zero-order valence-electron chi connectivity index (χ0n) is 12.8. The Morgan fingerprint density at radius 3 is 2.95 bits per heavy atom. The molecule has 0 bridgehead atoms. The van der Waals surface area contributed by atoms with Crippen molar-refractivity contribution in [3.8, 4) is 0 Å². The quantitative estimate of drug-likeness (QED) is 0.893. The topological polar surface area (TPSA) is 41.1 Å². The second-order valence-corrected chi connectivity index (χ2v) is 6.42. The molecule has 1 amide bonds. The summed E-state index contributed by atoms with van der Waals surface area (Å²) in [4.78, 5) is 12.4. The molecule has 3 heteroatoms. The van der Waals surface area contributed by atoms with Gasteiger partial charge < -0.3 is 10.6 Å². The van der Waals surface area contributed by atoms with Crippen LogP contribution < -0.4 is 10.6 Å². The van der Waals surface area contributed by atoms with E-state index in [1.165, 1.54) is 43.2 Å². The molecule has 0 aromatic heterocycles. The summed E-state index contributed by atoms with van der Waals surface area (Å²) in [5.74, 6) is 0.942. The molecule has 3 rings (SSSR count). The second-order valence-electron chi connectivity index (χ2n) is 6.42. The third kappa shape index (κ3) is 3.65. The van der Waals surface area contributed by atoms with Gasteiger partial charge in [0.2, 0.25) is 0 Å². The van der Waals surface area contributed by atoms with Crippen LogP contribution in [0.2, 0.25) is 0 Å². The first-order chi connectivity index (χ1) is 10.3. The lowest BCUT2D eigenvalue weighted by Gasteiger charge is -2.22. The highest BCUT2D eigenvalue weighted by atomic mass is 16.1. The number of hydrogen-bond donors (Lipinski definition) is 2. The molecule has 0 radical (unpaired) electrons. The molecule has 114 valence electrons. The number of nitrogens with one attached hydrogen (secondary N) is 2. The Bertz CT molecular complexity index is 492. The van der Waals surface area contributed by atoms with Crippen LogP contribution in [0, 0.1) is 5.92 Å². The van der Waals surface area contributed by atoms with Gasteiger partial charge in [0.25, 0.3) is 5.91 Å². The first-order valence-electron chi connectivity index (χ1n) is 8.44. The number of carbonyl (C=O) groups excluding carboxylic acids is 1. The van der Waals surface area contributed by atoms with Crippen molar-refractivity contribution in [2.45, 2.75) is 51.5 Å². The number of carbonyl (C=O) groups is 1. The van der Waals surface area contributed by atoms with E-state index < -0.39 is 0 Å². The first kappa shape index (κ1) is 14.6. The van der Waals surface area contributed by atoms with E-state index in [1.807, 2.05) is 12.1 Å². The third-order valence-electron chi connectivity index (χ3n) is 4.95. The standard InChI is InChI=1S/C18H26N2O/c21-18(20-12-9-14-5-2-1-3-6-14)17-8-4-7-15-13-19-11-10-16(15)17/h4,7-8,14,19H,1-3,5-6,9-13H2,(H,20,21). The van der Waals surface area contributed by atoms with Gasteiger partial charge >= 0.3 is 0 Å². The molecule has 1 aromatic carbocycles. The van der Waals surface area contributed by atoms with Gasteiger partial charge in [0.15, 0.2) is 0 Å². The van der Waals surface area contributed by atoms with Crippen molar-refractivity contribution in [2.75, 3.05) is 13.1 Å². The van der Waals surface area contributed by atoms with Crippen molar-refractivity contribution < 1.29 is 4.79 Å². The fourth-order valence-corrected chi connectivity index (χ4v) is 3.71. The molecule has 2 N–H and O–H groups in total. The minimum Gasteiger partial charge on any atom is -0.352 e. The van der Waals surface area contributed by atoms with Gasteiger partial charge in [-0.2, -0.15) is 0 Å². The van der Waals surface area contributed by atoms with E-state index in [0.717, 1.165) is 44.0 Å². The molecule has 1 aliphatic heterocycles. The molecule has 1 aromatic rings. The monoisotopic (exact) mass is 286 g/mol. The highest BCUT2D eigenvalue weighted by molar-refractivity contribution is 5.96. The Balaban J connectivity index is 1.55. The molecule has 0 saturated heterocycles. The summed E-state index contributed by atoms with van der Waals surface area (Å²) in [7, 11) is 0. The summed E-state index contributed by atoms with van der Waals surface area (Å²) in [5.41, 5.74) is 3.41. The molecule has 0 unspecified atom stereocenters. The van der Waals surface area contributed by atoms with Crippen LogP contribution in [-0.2, 0) is 13.0 Å². The van der Waals surface area contributed by atoms with Crippen molar-refractivity contribution >= 4 is 5.91 Å². The summed E-state index contributed by atoms with van der Waals surface area (Å²) < 4.78 is 0. The van der Waals surface area contributed by atoms with Crippen LogP contribution in [0.15, 0.2) is 18.2 Å². The van der Waals surface area contributed by atoms with Gasteiger partial charge in [-0.1, -0.05) is 44.2 Å². The van der Waals surface area contributed by atoms with Crippen molar-refractivity contribution in [3.63, 3.8) is 0 Å². The normalized spacial score (nSPS) is 19.0. The molecular formula is C18H26N2O. The lowest BCUT2D eigenvalue weighted by Crippen LogP contribution is -2.30. The Hall–Kier alpha value is -1.35. The fourth-order valence-electron chi connectivity index (χ4n) is 3.71. The zero-order chi connectivity index (χ0) is 14.5. The molecule has 21 heavy (non-hydrogen) atoms. The highest BCUT2D eigenvalue weighted by Crippen LogP contribution is 2.26. The molecule has 1 heterocycles. The lowest BCUT2D eigenvalue weighted by atomic mass is 9.87. The predicted molar refractivity (Wildman–Crippen MR) is 85.4 cm³/mol. The van der Waals surface area contributed by atoms with E-state index in [-0.39, 0.29) is 5.91 Å². The molecule has 1 saturated carbocycles. The highest BCUT2D eigenvalue weighted by Gasteiger charge is 2.18. The maximum atomic E-state index is 12.4. The average Bonchev–Trinajstić information content (AvgIpc) is 2.55. The van der Waals surface area contributed by atoms with Crippen LogP contribution in [0.3, 0.4) is 0 Å². The zero-order valence-corrected chi connectivity index (χ0v) is 12.8. The fraction of sp³-hybridized carbons (Fsp3) is 0.611. The summed E-state index contributed by atoms with van der Waals surface area (Å²) in [6.07, 6.45) is 8.94. The Morgan fingerprint density at radius 2 is 2.10 bits per heavy atom. The largest absolute Gasteiger partial charge is 0.352 e. The SMILES string of the molecule is O=C(NCCC1CCCCC1)c1cccc2c1CCNC2. The van der Waals surface area contributed by atoms with Crippen LogP contribution in [0.5, 0.6) is 0 Å². The van der Waals surface area contributed by atoms with Crippen molar-refractivity contribution in [3.05, 3.63) is 34.9 Å². The molecule has 3 nitrogen and oxygen atoms in total. The van der Waals surface area contributed by atoms with Gasteiger partial charge in [-0.15, -0.1) is 0 Å². The summed E-state index contributed by atoms with van der Waals surface area (Å²) >= 11 is 0. The van der Waals surface area contributed by atoms with E-state index in [4.69, 9.17) is 0 Å². The first-order valence-corrected chi connectivity index (χ1v) is 8.44. The van der Waals surface area contributed by atoms with Gasteiger partial charge in [0, 0.05) is 18.7 Å². The number of fused-ring (bicyclic) bond motifs is 1. The van der Waals surface area contributed by atoms with Gasteiger partial charge in [-0.25, -0.2) is 0 Å². The molecule has 1 fully saturated rings. The summed E-state index contributed by atoms with van der Waals surface area (Å²) in [6, 6.07) is 6.10. The smallest absolute Gasteiger partial charge is 0.251 e. The predicted octanol–water partition coefficient (Wildman–Crippen LogP) is 3.03. The third-order valence-corrected chi connectivity index (χ3v) is 4.95. The lowest BCUT2D eigenvalue weighted by molar-refractivity contribution is 0.0949. The maximum Gasteiger partial charge on any atom is 0.251 e. The van der Waals surface area contributed by atoms with Crippen LogP contribution in [0.4, 0.5) is 0 Å². The van der Waals surface area contributed by atoms with Gasteiger partial charge in [-0.3, -0.25) is 4.79 Å². The van der Waals surface area contributed by atoms with E-state index in [9.17, 15) is 4.79 Å². The van der Waals surface area contributed by atoms with Crippen molar-refractivity contribution in [1.29, 1.82) is 0 Å². The van der Waals surface area contributed by atoms with Gasteiger partial charge in [-0.05, 0) is 42.5 Å². The van der Waals surface area contributed by atoms with Gasteiger partial charge in [0.05, 0.1) is 0 Å². The number of hydrogen-bond acceptors (Lipinski definition) is 2. The Morgan fingerprint density at radius 1 is 1.24 bits per heavy atom. The molecule has 2 aliphatic rings. The van der Waals surface area contributed by atoms with Gasteiger partial charge in [0.1, 0.15) is 0 Å². The number of amides is 1. The minimum absolute atomic E-state index is 0.115. The Labute approximate surface area is 127 Å². The van der Waals surface area contributed by atoms with Crippen molar-refractivity contribution in [2.24, 2.45) is 5.92 Å². The minimum atomic E-state index is 0.115. The van der Waals surface area contributed by atoms with E-state index in [2.05, 4.69) is 16.7 Å². The second kappa shape index (κ2) is 7.08. The average molecular weight is 286 g/mol. The van der Waals surface area contributed by atoms with Crippen LogP contribution in [-0.4, -0.2) is 19.0 Å². The van der Waals surface area contributed by atoms with Crippen LogP contribution >= 0.6 is 0 Å². The molecule has 0 spiro atoms. The number of rotatable bonds is 4. The van der Waals surface area contributed by atoms with E-state index >= 15 is 0 Å². The molecule has 0 atom stereocenters. The van der Waals surface area contributed by atoms with Crippen LogP contribution in [0.1, 0.15) is 60.0 Å².